The van der Waals surface area contributed by atoms with Crippen LogP contribution in [0.25, 0.3) is 0 Å². The van der Waals surface area contributed by atoms with Crippen LogP contribution in [0.2, 0.25) is 0 Å². The van der Waals surface area contributed by atoms with Gasteiger partial charge in [-0.05, 0) is 37.7 Å². The lowest BCUT2D eigenvalue weighted by atomic mass is 10.2. The molecule has 2 fully saturated rings. The van der Waals surface area contributed by atoms with E-state index in [1.807, 2.05) is 0 Å². The van der Waals surface area contributed by atoms with Crippen LogP contribution in [0.1, 0.15) is 45.1 Å². The Hall–Kier alpha value is -1.16. The minimum atomic E-state index is -0.239. The first-order chi connectivity index (χ1) is 9.63. The van der Waals surface area contributed by atoms with E-state index in [9.17, 15) is 4.39 Å². The number of hydrogen-bond donors (Lipinski definition) is 1. The fourth-order valence-electron chi connectivity index (χ4n) is 2.55. The second-order valence-electron chi connectivity index (χ2n) is 6.50. The lowest BCUT2D eigenvalue weighted by molar-refractivity contribution is 0.574. The van der Waals surface area contributed by atoms with Gasteiger partial charge in [0.05, 0.1) is 6.20 Å². The zero-order valence-electron chi connectivity index (χ0n) is 12.4. The first-order valence-electron chi connectivity index (χ1n) is 7.78. The van der Waals surface area contributed by atoms with Crippen molar-refractivity contribution >= 4 is 5.82 Å². The molecule has 0 amide bonds. The zero-order valence-corrected chi connectivity index (χ0v) is 12.4. The Bertz CT molecular complexity index is 467. The third-order valence-corrected chi connectivity index (χ3v) is 4.02. The van der Waals surface area contributed by atoms with Gasteiger partial charge < -0.3 is 10.2 Å². The molecule has 2 saturated carbocycles. The maximum atomic E-state index is 13.5. The van der Waals surface area contributed by atoms with Crippen LogP contribution in [-0.2, 0) is 6.54 Å². The van der Waals surface area contributed by atoms with Gasteiger partial charge >= 0.3 is 0 Å². The number of aromatic nitrogens is 1. The minimum Gasteiger partial charge on any atom is -0.353 e. The van der Waals surface area contributed by atoms with Gasteiger partial charge in [-0.3, -0.25) is 0 Å². The summed E-state index contributed by atoms with van der Waals surface area (Å²) in [4.78, 5) is 6.83. The number of nitrogens with zero attached hydrogens (tertiary/aromatic N) is 2. The summed E-state index contributed by atoms with van der Waals surface area (Å²) >= 11 is 0. The Morgan fingerprint density at radius 3 is 2.70 bits per heavy atom. The molecule has 1 aromatic rings. The van der Waals surface area contributed by atoms with Gasteiger partial charge in [-0.15, -0.1) is 0 Å². The average molecular weight is 277 g/mol. The van der Waals surface area contributed by atoms with Crippen LogP contribution in [-0.4, -0.2) is 23.6 Å². The molecular formula is C16H24FN3. The second kappa shape index (κ2) is 5.68. The van der Waals surface area contributed by atoms with Crippen molar-refractivity contribution in [2.75, 3.05) is 11.4 Å². The highest BCUT2D eigenvalue weighted by Gasteiger charge is 2.35. The summed E-state index contributed by atoms with van der Waals surface area (Å²) in [6.45, 7) is 5.99. The van der Waals surface area contributed by atoms with Crippen molar-refractivity contribution in [1.82, 2.24) is 10.3 Å². The number of halogens is 1. The molecule has 0 saturated heterocycles. The number of rotatable bonds is 7. The van der Waals surface area contributed by atoms with Crippen molar-refractivity contribution in [3.05, 3.63) is 23.6 Å². The van der Waals surface area contributed by atoms with Gasteiger partial charge in [0.15, 0.2) is 0 Å². The first kappa shape index (κ1) is 13.8. The standard InChI is InChI=1S/C16H24FN3/c1-11(2)18-8-13-7-14(17)9-19-16(13)20(15-5-6-15)10-12-3-4-12/h7,9,11-12,15,18H,3-6,8,10H2,1-2H3. The molecule has 1 heterocycles. The van der Waals surface area contributed by atoms with Gasteiger partial charge in [0.25, 0.3) is 0 Å². The average Bonchev–Trinajstić information content (AvgIpc) is 3.26. The van der Waals surface area contributed by atoms with Crippen LogP contribution in [0.15, 0.2) is 12.3 Å². The second-order valence-corrected chi connectivity index (χ2v) is 6.50. The van der Waals surface area contributed by atoms with E-state index in [4.69, 9.17) is 0 Å². The van der Waals surface area contributed by atoms with Crippen LogP contribution in [0.5, 0.6) is 0 Å². The monoisotopic (exact) mass is 277 g/mol. The van der Waals surface area contributed by atoms with Gasteiger partial charge in [-0.2, -0.15) is 0 Å². The predicted molar refractivity (Wildman–Crippen MR) is 79.3 cm³/mol. The summed E-state index contributed by atoms with van der Waals surface area (Å²) < 4.78 is 13.5. The summed E-state index contributed by atoms with van der Waals surface area (Å²) in [7, 11) is 0. The molecule has 4 heteroatoms. The van der Waals surface area contributed by atoms with E-state index in [1.165, 1.54) is 31.9 Å². The van der Waals surface area contributed by atoms with Crippen molar-refractivity contribution in [3.63, 3.8) is 0 Å². The summed E-state index contributed by atoms with van der Waals surface area (Å²) in [5.41, 5.74) is 0.992. The number of nitrogens with one attached hydrogen (secondary N) is 1. The Labute approximate surface area is 120 Å². The molecule has 0 radical (unpaired) electrons. The van der Waals surface area contributed by atoms with Crippen molar-refractivity contribution in [1.29, 1.82) is 0 Å². The fraction of sp³-hybridized carbons (Fsp3) is 0.688. The Morgan fingerprint density at radius 1 is 1.35 bits per heavy atom. The highest BCUT2D eigenvalue weighted by Crippen LogP contribution is 2.38. The molecule has 0 aliphatic heterocycles. The maximum Gasteiger partial charge on any atom is 0.141 e. The van der Waals surface area contributed by atoms with Gasteiger partial charge in [0.2, 0.25) is 0 Å². The molecule has 0 bridgehead atoms. The van der Waals surface area contributed by atoms with E-state index in [0.717, 1.165) is 23.8 Å². The van der Waals surface area contributed by atoms with E-state index in [2.05, 4.69) is 29.0 Å². The summed E-state index contributed by atoms with van der Waals surface area (Å²) in [6.07, 6.45) is 6.54. The molecule has 2 aliphatic rings. The lowest BCUT2D eigenvalue weighted by Crippen LogP contribution is -2.31. The Balaban J connectivity index is 1.81. The summed E-state index contributed by atoms with van der Waals surface area (Å²) in [6, 6.07) is 2.66. The number of pyridine rings is 1. The Morgan fingerprint density at radius 2 is 2.10 bits per heavy atom. The molecule has 0 aromatic carbocycles. The van der Waals surface area contributed by atoms with Crippen LogP contribution in [0.4, 0.5) is 10.2 Å². The maximum absolute atomic E-state index is 13.5. The fourth-order valence-corrected chi connectivity index (χ4v) is 2.55. The smallest absolute Gasteiger partial charge is 0.141 e. The molecule has 0 spiro atoms. The van der Waals surface area contributed by atoms with Crippen LogP contribution < -0.4 is 10.2 Å². The molecule has 2 aliphatic carbocycles. The molecular weight excluding hydrogens is 253 g/mol. The van der Waals surface area contributed by atoms with E-state index in [-0.39, 0.29) is 5.82 Å². The Kier molecular flexibility index (Phi) is 3.92. The lowest BCUT2D eigenvalue weighted by Gasteiger charge is -2.26. The largest absolute Gasteiger partial charge is 0.353 e. The highest BCUT2D eigenvalue weighted by molar-refractivity contribution is 5.49. The topological polar surface area (TPSA) is 28.2 Å². The number of hydrogen-bond acceptors (Lipinski definition) is 3. The molecule has 0 atom stereocenters. The van der Waals surface area contributed by atoms with E-state index < -0.39 is 0 Å². The quantitative estimate of drug-likeness (QED) is 0.830. The molecule has 110 valence electrons. The SMILES string of the molecule is CC(C)NCc1cc(F)cnc1N(CC1CC1)C1CC1. The van der Waals surface area contributed by atoms with Crippen molar-refractivity contribution < 1.29 is 4.39 Å². The normalized spacial score (nSPS) is 18.6. The van der Waals surface area contributed by atoms with Gasteiger partial charge in [-0.25, -0.2) is 9.37 Å². The molecule has 0 unspecified atom stereocenters. The van der Waals surface area contributed by atoms with Gasteiger partial charge in [-0.1, -0.05) is 13.8 Å². The molecule has 3 rings (SSSR count). The zero-order chi connectivity index (χ0) is 14.1. The third kappa shape index (κ3) is 3.48. The number of anilines is 1. The van der Waals surface area contributed by atoms with E-state index in [1.54, 1.807) is 6.07 Å². The molecule has 1 N–H and O–H groups in total. The van der Waals surface area contributed by atoms with Crippen molar-refractivity contribution in [3.8, 4) is 0 Å². The molecule has 1 aromatic heterocycles. The van der Waals surface area contributed by atoms with Crippen molar-refractivity contribution in [2.45, 2.75) is 58.2 Å². The predicted octanol–water partition coefficient (Wildman–Crippen LogP) is 3.10. The van der Waals surface area contributed by atoms with Crippen LogP contribution in [0, 0.1) is 11.7 Å². The van der Waals surface area contributed by atoms with E-state index in [0.29, 0.717) is 18.6 Å². The summed E-state index contributed by atoms with van der Waals surface area (Å²) in [5.74, 6) is 1.58. The highest BCUT2D eigenvalue weighted by atomic mass is 19.1. The minimum absolute atomic E-state index is 0.239. The van der Waals surface area contributed by atoms with Gasteiger partial charge in [0, 0.05) is 30.7 Å². The summed E-state index contributed by atoms with van der Waals surface area (Å²) in [5, 5.41) is 3.38. The van der Waals surface area contributed by atoms with Gasteiger partial charge in [0.1, 0.15) is 11.6 Å². The molecule has 3 nitrogen and oxygen atoms in total. The van der Waals surface area contributed by atoms with Crippen LogP contribution >= 0.6 is 0 Å². The van der Waals surface area contributed by atoms with Crippen LogP contribution in [0.3, 0.4) is 0 Å². The van der Waals surface area contributed by atoms with Crippen molar-refractivity contribution in [2.24, 2.45) is 5.92 Å². The molecule has 20 heavy (non-hydrogen) atoms. The third-order valence-electron chi connectivity index (χ3n) is 4.02. The first-order valence-corrected chi connectivity index (χ1v) is 7.78. The van der Waals surface area contributed by atoms with E-state index >= 15 is 0 Å².